The summed E-state index contributed by atoms with van der Waals surface area (Å²) in [5.74, 6) is 3.46. The minimum Gasteiger partial charge on any atom is -0.120 e. The Kier molecular flexibility index (Phi) is 2.59. The summed E-state index contributed by atoms with van der Waals surface area (Å²) in [6.07, 6.45) is 9.91. The Hall–Kier alpha value is -1.22. The van der Waals surface area contributed by atoms with E-state index in [-0.39, 0.29) is 0 Å². The van der Waals surface area contributed by atoms with Crippen LogP contribution in [0.15, 0.2) is 18.2 Å². The van der Waals surface area contributed by atoms with Gasteiger partial charge in [0.05, 0.1) is 0 Å². The van der Waals surface area contributed by atoms with Gasteiger partial charge in [0.1, 0.15) is 0 Å². The molecule has 1 aliphatic rings. The molecule has 1 unspecified atom stereocenters. The first-order valence-corrected chi connectivity index (χ1v) is 5.34. The molecule has 0 bridgehead atoms. The van der Waals surface area contributed by atoms with Crippen LogP contribution in [-0.2, 0) is 6.42 Å². The van der Waals surface area contributed by atoms with Crippen LogP contribution in [0.4, 0.5) is 0 Å². The van der Waals surface area contributed by atoms with Crippen LogP contribution in [0.2, 0.25) is 0 Å². The largest absolute Gasteiger partial charge is 0.120 e. The van der Waals surface area contributed by atoms with E-state index >= 15 is 0 Å². The summed E-state index contributed by atoms with van der Waals surface area (Å²) < 4.78 is 0. The van der Waals surface area contributed by atoms with E-state index in [1.54, 1.807) is 5.56 Å². The van der Waals surface area contributed by atoms with Crippen molar-refractivity contribution in [1.82, 2.24) is 0 Å². The van der Waals surface area contributed by atoms with Gasteiger partial charge in [0.25, 0.3) is 0 Å². The normalized spacial score (nSPS) is 19.0. The molecule has 0 saturated heterocycles. The molecule has 1 aromatic carbocycles. The van der Waals surface area contributed by atoms with E-state index in [0.29, 0.717) is 0 Å². The van der Waals surface area contributed by atoms with Crippen LogP contribution in [0.1, 0.15) is 41.9 Å². The summed E-state index contributed by atoms with van der Waals surface area (Å²) in [7, 11) is 0. The number of hydrogen-bond acceptors (Lipinski definition) is 0. The van der Waals surface area contributed by atoms with Crippen molar-refractivity contribution in [2.75, 3.05) is 0 Å². The van der Waals surface area contributed by atoms with Crippen LogP contribution < -0.4 is 0 Å². The summed E-state index contributed by atoms with van der Waals surface area (Å²) in [6.45, 7) is 2.16. The van der Waals surface area contributed by atoms with Crippen LogP contribution >= 0.6 is 0 Å². The molecule has 72 valence electrons. The highest BCUT2D eigenvalue weighted by Crippen LogP contribution is 2.36. The first-order valence-electron chi connectivity index (χ1n) is 5.34. The minimum absolute atomic E-state index is 0.723. The first-order chi connectivity index (χ1) is 6.81. The molecule has 0 amide bonds. The van der Waals surface area contributed by atoms with Crippen molar-refractivity contribution in [3.8, 4) is 12.3 Å². The zero-order chi connectivity index (χ0) is 9.97. The Morgan fingerprint density at radius 3 is 3.14 bits per heavy atom. The quantitative estimate of drug-likeness (QED) is 0.618. The number of aryl methyl sites for hydroxylation is 2. The van der Waals surface area contributed by atoms with Gasteiger partial charge in [-0.25, -0.2) is 0 Å². The summed E-state index contributed by atoms with van der Waals surface area (Å²) in [6, 6.07) is 6.83. The molecule has 1 aromatic rings. The molecule has 0 aliphatic heterocycles. The number of hydrogen-bond donors (Lipinski definition) is 0. The highest BCUT2D eigenvalue weighted by atomic mass is 14.3. The number of fused-ring (bicyclic) bond motifs is 1. The third kappa shape index (κ3) is 1.68. The van der Waals surface area contributed by atoms with Crippen LogP contribution in [0.25, 0.3) is 0 Å². The number of terminal acetylenes is 1. The van der Waals surface area contributed by atoms with Crippen LogP contribution in [-0.4, -0.2) is 0 Å². The molecule has 0 spiro atoms. The van der Waals surface area contributed by atoms with E-state index in [1.165, 1.54) is 24.0 Å². The summed E-state index contributed by atoms with van der Waals surface area (Å²) in [5.41, 5.74) is 4.47. The molecule has 1 aliphatic carbocycles. The lowest BCUT2D eigenvalue weighted by Crippen LogP contribution is -1.93. The SMILES string of the molecule is C#CCCC1CCc2ccc(C)cc21. The molecule has 0 heterocycles. The molecule has 0 aromatic heterocycles. The molecule has 0 N–H and O–H groups in total. The monoisotopic (exact) mass is 184 g/mol. The van der Waals surface area contributed by atoms with E-state index in [9.17, 15) is 0 Å². The maximum Gasteiger partial charge on any atom is 0.00918 e. The van der Waals surface area contributed by atoms with Gasteiger partial charge in [0.15, 0.2) is 0 Å². The average Bonchev–Trinajstić information content (AvgIpc) is 2.57. The maximum absolute atomic E-state index is 5.31. The van der Waals surface area contributed by atoms with Crippen LogP contribution in [0.5, 0.6) is 0 Å². The highest BCUT2D eigenvalue weighted by Gasteiger charge is 2.21. The van der Waals surface area contributed by atoms with Crippen molar-refractivity contribution in [3.05, 3.63) is 34.9 Å². The topological polar surface area (TPSA) is 0 Å². The van der Waals surface area contributed by atoms with Gasteiger partial charge >= 0.3 is 0 Å². The van der Waals surface area contributed by atoms with Gasteiger partial charge in [-0.2, -0.15) is 0 Å². The van der Waals surface area contributed by atoms with Gasteiger partial charge < -0.3 is 0 Å². The minimum atomic E-state index is 0.723. The second-order valence-electron chi connectivity index (χ2n) is 4.18. The molecule has 0 nitrogen and oxygen atoms in total. The van der Waals surface area contributed by atoms with Crippen LogP contribution in [0, 0.1) is 19.3 Å². The van der Waals surface area contributed by atoms with Crippen molar-refractivity contribution >= 4 is 0 Å². The smallest absolute Gasteiger partial charge is 0.00918 e. The molecular formula is C14H16. The fourth-order valence-electron chi connectivity index (χ4n) is 2.36. The van der Waals surface area contributed by atoms with Crippen molar-refractivity contribution in [1.29, 1.82) is 0 Å². The van der Waals surface area contributed by atoms with E-state index in [0.717, 1.165) is 18.8 Å². The Bertz CT molecular complexity index is 368. The molecule has 1 atom stereocenters. The first kappa shape index (κ1) is 9.34. The summed E-state index contributed by atoms with van der Waals surface area (Å²) >= 11 is 0. The third-order valence-corrected chi connectivity index (χ3v) is 3.14. The van der Waals surface area contributed by atoms with E-state index < -0.39 is 0 Å². The van der Waals surface area contributed by atoms with E-state index in [4.69, 9.17) is 6.42 Å². The Labute approximate surface area is 86.3 Å². The zero-order valence-electron chi connectivity index (χ0n) is 8.72. The zero-order valence-corrected chi connectivity index (χ0v) is 8.72. The maximum atomic E-state index is 5.31. The van der Waals surface area contributed by atoms with Gasteiger partial charge in [0.2, 0.25) is 0 Å². The molecular weight excluding hydrogens is 168 g/mol. The van der Waals surface area contributed by atoms with E-state index in [2.05, 4.69) is 31.0 Å². The molecule has 0 saturated carbocycles. The Morgan fingerprint density at radius 1 is 1.50 bits per heavy atom. The predicted octanol–water partition coefficient (Wildman–Crippen LogP) is 3.44. The summed E-state index contributed by atoms with van der Waals surface area (Å²) in [5, 5.41) is 0. The fraction of sp³-hybridized carbons (Fsp3) is 0.429. The number of rotatable bonds is 2. The molecule has 2 rings (SSSR count). The summed E-state index contributed by atoms with van der Waals surface area (Å²) in [4.78, 5) is 0. The van der Waals surface area contributed by atoms with E-state index in [1.807, 2.05) is 0 Å². The van der Waals surface area contributed by atoms with Crippen molar-refractivity contribution in [2.45, 2.75) is 38.5 Å². The van der Waals surface area contributed by atoms with Crippen LogP contribution in [0.3, 0.4) is 0 Å². The van der Waals surface area contributed by atoms with Gasteiger partial charge in [-0.1, -0.05) is 23.8 Å². The van der Waals surface area contributed by atoms with Crippen molar-refractivity contribution in [2.24, 2.45) is 0 Å². The molecule has 0 fully saturated rings. The van der Waals surface area contributed by atoms with Gasteiger partial charge in [-0.3, -0.25) is 0 Å². The van der Waals surface area contributed by atoms with Gasteiger partial charge in [0, 0.05) is 6.42 Å². The second kappa shape index (κ2) is 3.88. The lowest BCUT2D eigenvalue weighted by molar-refractivity contribution is 0.631. The predicted molar refractivity (Wildman–Crippen MR) is 60.3 cm³/mol. The molecule has 0 heteroatoms. The third-order valence-electron chi connectivity index (χ3n) is 3.14. The Morgan fingerprint density at radius 2 is 2.36 bits per heavy atom. The van der Waals surface area contributed by atoms with Crippen molar-refractivity contribution < 1.29 is 0 Å². The fourth-order valence-corrected chi connectivity index (χ4v) is 2.36. The Balaban J connectivity index is 2.21. The highest BCUT2D eigenvalue weighted by molar-refractivity contribution is 5.38. The van der Waals surface area contributed by atoms with Gasteiger partial charge in [-0.05, 0) is 43.2 Å². The molecule has 14 heavy (non-hydrogen) atoms. The average molecular weight is 184 g/mol. The lowest BCUT2D eigenvalue weighted by Gasteiger charge is -2.09. The van der Waals surface area contributed by atoms with Gasteiger partial charge in [-0.15, -0.1) is 12.3 Å². The second-order valence-corrected chi connectivity index (χ2v) is 4.18. The standard InChI is InChI=1S/C14H16/c1-3-4-5-12-8-9-13-7-6-11(2)10-14(12)13/h1,6-7,10,12H,4-5,8-9H2,2H3. The lowest BCUT2D eigenvalue weighted by atomic mass is 9.95. The number of benzene rings is 1. The van der Waals surface area contributed by atoms with Crippen molar-refractivity contribution in [3.63, 3.8) is 0 Å². The molecule has 0 radical (unpaired) electrons.